The lowest BCUT2D eigenvalue weighted by Gasteiger charge is -2.18. The number of amidine groups is 1. The number of nitrogens with zero attached hydrogens (tertiary/aromatic N) is 1. The molecule has 2 aliphatic rings. The van der Waals surface area contributed by atoms with Crippen LogP contribution in [0, 0.1) is 5.41 Å². The van der Waals surface area contributed by atoms with Crippen LogP contribution in [0.15, 0.2) is 66.2 Å². The molecule has 0 aliphatic carbocycles. The zero-order chi connectivity index (χ0) is 13.1. The lowest BCUT2D eigenvalue weighted by atomic mass is 10.1. The van der Waals surface area contributed by atoms with Gasteiger partial charge in [-0.3, -0.25) is 9.71 Å². The number of fused-ring (bicyclic) bond motifs is 1. The molecule has 1 aromatic rings. The molecule has 0 radical (unpaired) electrons. The maximum absolute atomic E-state index is 8.08. The lowest BCUT2D eigenvalue weighted by Crippen LogP contribution is -2.24. The summed E-state index contributed by atoms with van der Waals surface area (Å²) in [6, 6.07) is 10.1. The molecule has 0 unspecified atom stereocenters. The van der Waals surface area contributed by atoms with Crippen molar-refractivity contribution in [2.75, 3.05) is 0 Å². The molecule has 0 saturated carbocycles. The van der Waals surface area contributed by atoms with Crippen molar-refractivity contribution >= 4 is 18.0 Å². The molecule has 0 fully saturated rings. The number of hydrogen-bond acceptors (Lipinski definition) is 4. The van der Waals surface area contributed by atoms with Crippen LogP contribution in [-0.2, 0) is 6.54 Å². The van der Waals surface area contributed by atoms with Gasteiger partial charge in [-0.1, -0.05) is 30.3 Å². The van der Waals surface area contributed by atoms with Crippen molar-refractivity contribution in [3.8, 4) is 0 Å². The van der Waals surface area contributed by atoms with Gasteiger partial charge in [-0.15, -0.1) is 0 Å². The molecule has 0 atom stereocenters. The van der Waals surface area contributed by atoms with Gasteiger partial charge in [0, 0.05) is 24.5 Å². The Labute approximate surface area is 116 Å². The van der Waals surface area contributed by atoms with E-state index >= 15 is 0 Å². The van der Waals surface area contributed by atoms with Crippen molar-refractivity contribution in [1.29, 1.82) is 5.41 Å². The minimum Gasteiger partial charge on any atom is -0.366 e. The van der Waals surface area contributed by atoms with E-state index < -0.39 is 0 Å². The summed E-state index contributed by atoms with van der Waals surface area (Å²) in [6.07, 6.45) is 7.83. The predicted molar refractivity (Wildman–Crippen MR) is 78.9 cm³/mol. The van der Waals surface area contributed by atoms with Crippen LogP contribution < -0.4 is 10.0 Å². The summed E-state index contributed by atoms with van der Waals surface area (Å²) < 4.78 is 5.10. The van der Waals surface area contributed by atoms with Crippen molar-refractivity contribution in [3.05, 3.63) is 71.7 Å². The first-order valence-electron chi connectivity index (χ1n) is 6.01. The molecule has 2 aliphatic heterocycles. The van der Waals surface area contributed by atoms with Crippen LogP contribution in [0.2, 0.25) is 0 Å². The van der Waals surface area contributed by atoms with Gasteiger partial charge in [-0.05, 0) is 17.7 Å². The minimum absolute atomic E-state index is 0.442. The first-order valence-corrected chi connectivity index (χ1v) is 6.79. The second kappa shape index (κ2) is 5.24. The number of allylic oxidation sites excluding steroid dienone is 1. The molecule has 0 spiro atoms. The highest BCUT2D eigenvalue weighted by molar-refractivity contribution is 7.95. The van der Waals surface area contributed by atoms with E-state index in [1.807, 2.05) is 59.2 Å². The molecule has 3 rings (SSSR count). The molecule has 96 valence electrons. The molecule has 5 heteroatoms. The number of benzene rings is 1. The molecule has 3 N–H and O–H groups in total. The molecule has 19 heavy (non-hydrogen) atoms. The van der Waals surface area contributed by atoms with Gasteiger partial charge < -0.3 is 10.0 Å². The van der Waals surface area contributed by atoms with E-state index in [-0.39, 0.29) is 0 Å². The second-order valence-electron chi connectivity index (χ2n) is 4.23. The van der Waals surface area contributed by atoms with E-state index in [2.05, 4.69) is 10.0 Å². The summed E-state index contributed by atoms with van der Waals surface area (Å²) in [7, 11) is 0. The average Bonchev–Trinajstić information content (AvgIpc) is 2.93. The fraction of sp³-hybridized carbons (Fsp3) is 0.0714. The zero-order valence-electron chi connectivity index (χ0n) is 10.3. The highest BCUT2D eigenvalue weighted by Gasteiger charge is 2.17. The Hall–Kier alpha value is -2.14. The molecule has 4 nitrogen and oxygen atoms in total. The molecule has 0 amide bonds. The molecular formula is C14H14N4S. The number of hydrogen-bond donors (Lipinski definition) is 3. The Morgan fingerprint density at radius 3 is 3.00 bits per heavy atom. The zero-order valence-corrected chi connectivity index (χ0v) is 11.1. The van der Waals surface area contributed by atoms with Gasteiger partial charge in [0.05, 0.1) is 17.8 Å². The van der Waals surface area contributed by atoms with Gasteiger partial charge in [0.1, 0.15) is 5.84 Å². The molecular weight excluding hydrogens is 256 g/mol. The Kier molecular flexibility index (Phi) is 3.29. The molecule has 1 aromatic carbocycles. The third-order valence-corrected chi connectivity index (χ3v) is 3.66. The van der Waals surface area contributed by atoms with E-state index in [0.717, 1.165) is 11.3 Å². The van der Waals surface area contributed by atoms with Gasteiger partial charge in [0.2, 0.25) is 0 Å². The fourth-order valence-electron chi connectivity index (χ4n) is 1.88. The Bertz CT molecular complexity index is 574. The maximum Gasteiger partial charge on any atom is 0.125 e. The number of nitrogens with one attached hydrogen (secondary N) is 3. The Morgan fingerprint density at radius 2 is 2.16 bits per heavy atom. The largest absolute Gasteiger partial charge is 0.366 e. The summed E-state index contributed by atoms with van der Waals surface area (Å²) in [6.45, 7) is 0.667. The van der Waals surface area contributed by atoms with Crippen LogP contribution >= 0.6 is 12.1 Å². The summed E-state index contributed by atoms with van der Waals surface area (Å²) in [4.78, 5) is 0. The van der Waals surface area contributed by atoms with Gasteiger partial charge in [-0.25, -0.2) is 0 Å². The highest BCUT2D eigenvalue weighted by Crippen LogP contribution is 2.27. The van der Waals surface area contributed by atoms with E-state index in [1.54, 1.807) is 0 Å². The normalized spacial score (nSPS) is 16.3. The third-order valence-electron chi connectivity index (χ3n) is 2.91. The average molecular weight is 270 g/mol. The van der Waals surface area contributed by atoms with Crippen LogP contribution in [-0.4, -0.2) is 10.1 Å². The van der Waals surface area contributed by atoms with E-state index in [0.29, 0.717) is 12.4 Å². The standard InChI is InChI=1S/C14H14N4S/c15-14(16-9-11-4-2-1-3-5-11)12-6-7-18-13(8-12)10-17-19-18/h1-8,10,17H,9H2,(H2,15,16). The lowest BCUT2D eigenvalue weighted by molar-refractivity contribution is 0.801. The quantitative estimate of drug-likeness (QED) is 0.449. The smallest absolute Gasteiger partial charge is 0.125 e. The third kappa shape index (κ3) is 2.66. The van der Waals surface area contributed by atoms with Crippen LogP contribution in [0.25, 0.3) is 0 Å². The summed E-state index contributed by atoms with van der Waals surface area (Å²) in [5.74, 6) is 0.442. The van der Waals surface area contributed by atoms with Crippen molar-refractivity contribution in [2.24, 2.45) is 0 Å². The van der Waals surface area contributed by atoms with Gasteiger partial charge in [0.15, 0.2) is 0 Å². The van der Waals surface area contributed by atoms with Crippen molar-refractivity contribution in [2.45, 2.75) is 6.54 Å². The first-order chi connectivity index (χ1) is 9.33. The first kappa shape index (κ1) is 11.9. The van der Waals surface area contributed by atoms with E-state index in [9.17, 15) is 0 Å². The van der Waals surface area contributed by atoms with Gasteiger partial charge >= 0.3 is 0 Å². The fourth-order valence-corrected chi connectivity index (χ4v) is 2.50. The van der Waals surface area contributed by atoms with Crippen LogP contribution in [0.5, 0.6) is 0 Å². The van der Waals surface area contributed by atoms with Gasteiger partial charge in [0.25, 0.3) is 0 Å². The van der Waals surface area contributed by atoms with Crippen LogP contribution in [0.4, 0.5) is 0 Å². The SMILES string of the molecule is N=C(NCc1ccccc1)C1=CC2=CNSN2C=C1. The van der Waals surface area contributed by atoms with Crippen molar-refractivity contribution < 1.29 is 0 Å². The van der Waals surface area contributed by atoms with Crippen molar-refractivity contribution in [1.82, 2.24) is 14.3 Å². The highest BCUT2D eigenvalue weighted by atomic mass is 32.2. The minimum atomic E-state index is 0.442. The van der Waals surface area contributed by atoms with E-state index in [4.69, 9.17) is 5.41 Å². The summed E-state index contributed by atoms with van der Waals surface area (Å²) >= 11 is 1.52. The monoisotopic (exact) mass is 270 g/mol. The maximum atomic E-state index is 8.08. The predicted octanol–water partition coefficient (Wildman–Crippen LogP) is 2.52. The van der Waals surface area contributed by atoms with Gasteiger partial charge in [-0.2, -0.15) is 0 Å². The molecule has 2 heterocycles. The molecule has 0 aromatic heterocycles. The van der Waals surface area contributed by atoms with E-state index in [1.165, 1.54) is 17.7 Å². The number of rotatable bonds is 3. The topological polar surface area (TPSA) is 51.2 Å². The van der Waals surface area contributed by atoms with Crippen LogP contribution in [0.1, 0.15) is 5.56 Å². The van der Waals surface area contributed by atoms with Crippen molar-refractivity contribution in [3.63, 3.8) is 0 Å². The second-order valence-corrected chi connectivity index (χ2v) is 5.05. The Balaban J connectivity index is 1.64. The molecule has 0 bridgehead atoms. The Morgan fingerprint density at radius 1 is 1.32 bits per heavy atom. The summed E-state index contributed by atoms with van der Waals surface area (Å²) in [5, 5.41) is 11.2. The molecule has 0 saturated heterocycles. The van der Waals surface area contributed by atoms with Crippen LogP contribution in [0.3, 0.4) is 0 Å². The summed E-state index contributed by atoms with van der Waals surface area (Å²) in [5.41, 5.74) is 3.13.